The topological polar surface area (TPSA) is 12.5 Å². The van der Waals surface area contributed by atoms with Crippen LogP contribution in [0.4, 0.5) is 17.1 Å². The molecule has 8 aromatic carbocycles. The van der Waals surface area contributed by atoms with Crippen LogP contribution in [0.3, 0.4) is 0 Å². The molecule has 0 amide bonds. The van der Waals surface area contributed by atoms with Crippen molar-refractivity contribution in [1.82, 2.24) is 0 Å². The zero-order valence-electron chi connectivity index (χ0n) is 26.5. The lowest BCUT2D eigenvalue weighted by Gasteiger charge is -2.29. The Labute approximate surface area is 288 Å². The van der Waals surface area contributed by atoms with Gasteiger partial charge < -0.3 is 9.64 Å². The predicted molar refractivity (Wildman–Crippen MR) is 208 cm³/mol. The van der Waals surface area contributed by atoms with E-state index in [0.29, 0.717) is 0 Å². The first-order valence-electron chi connectivity index (χ1n) is 16.6. The van der Waals surface area contributed by atoms with Crippen molar-refractivity contribution in [2.45, 2.75) is 0 Å². The van der Waals surface area contributed by atoms with E-state index in [1.165, 1.54) is 53.4 Å². The Morgan fingerprint density at radius 2 is 1.12 bits per heavy atom. The molecule has 0 saturated heterocycles. The molecule has 0 unspecified atom stereocenters. The van der Waals surface area contributed by atoms with Gasteiger partial charge in [-0.2, -0.15) is 0 Å². The second-order valence-corrected chi connectivity index (χ2v) is 13.6. The van der Waals surface area contributed by atoms with E-state index in [0.717, 1.165) is 39.5 Å². The van der Waals surface area contributed by atoms with Crippen molar-refractivity contribution >= 4 is 59.3 Å². The van der Waals surface area contributed by atoms with Crippen LogP contribution in [0, 0.1) is 0 Å². The van der Waals surface area contributed by atoms with E-state index in [4.69, 9.17) is 4.74 Å². The van der Waals surface area contributed by atoms with Gasteiger partial charge in [0.25, 0.3) is 0 Å². The van der Waals surface area contributed by atoms with E-state index in [-0.39, 0.29) is 0 Å². The van der Waals surface area contributed by atoms with Crippen LogP contribution in [-0.2, 0) is 0 Å². The van der Waals surface area contributed by atoms with E-state index in [9.17, 15) is 0 Å². The Kier molecular flexibility index (Phi) is 6.39. The van der Waals surface area contributed by atoms with E-state index < -0.39 is 0 Å². The van der Waals surface area contributed by atoms with E-state index in [1.807, 2.05) is 11.3 Å². The standard InChI is InChI=1S/C46H29NOS/c1-4-12-30(13-5-1)32-22-24-39-44(28-32)49-43-21-11-20-40(46(39)43)47(33-16-8-3-9-17-33)34-23-25-36-38-19-10-18-37-35(31-14-6-2-7-15-31)26-27-41(45(37)38)48-42(36)29-34/h1-29H. The molecule has 2 heterocycles. The van der Waals surface area contributed by atoms with Gasteiger partial charge in [0.05, 0.1) is 5.69 Å². The lowest BCUT2D eigenvalue weighted by Crippen LogP contribution is -2.11. The van der Waals surface area contributed by atoms with Crippen molar-refractivity contribution in [2.24, 2.45) is 0 Å². The van der Waals surface area contributed by atoms with Gasteiger partial charge in [-0.1, -0.05) is 121 Å². The number of anilines is 3. The van der Waals surface area contributed by atoms with Crippen LogP contribution in [0.5, 0.6) is 11.5 Å². The van der Waals surface area contributed by atoms with Crippen LogP contribution < -0.4 is 9.64 Å². The molecule has 49 heavy (non-hydrogen) atoms. The minimum absolute atomic E-state index is 0.862. The molecule has 0 fully saturated rings. The van der Waals surface area contributed by atoms with Gasteiger partial charge in [0, 0.05) is 48.6 Å². The molecule has 0 spiro atoms. The maximum absolute atomic E-state index is 6.78. The molecule has 0 atom stereocenters. The number of thiophene rings is 1. The molecule has 1 aliphatic rings. The number of ether oxygens (including phenoxy) is 1. The molecule has 0 aliphatic carbocycles. The van der Waals surface area contributed by atoms with Crippen LogP contribution in [0.15, 0.2) is 176 Å². The first-order valence-corrected chi connectivity index (χ1v) is 17.4. The Morgan fingerprint density at radius 1 is 0.388 bits per heavy atom. The molecule has 1 aromatic heterocycles. The number of rotatable bonds is 5. The summed E-state index contributed by atoms with van der Waals surface area (Å²) >= 11 is 1.85. The zero-order valence-corrected chi connectivity index (χ0v) is 27.3. The summed E-state index contributed by atoms with van der Waals surface area (Å²) in [5.41, 5.74) is 10.5. The molecular formula is C46H29NOS. The molecule has 10 rings (SSSR count). The normalized spacial score (nSPS) is 11.8. The third kappa shape index (κ3) is 4.55. The lowest BCUT2D eigenvalue weighted by molar-refractivity contribution is 0.487. The fraction of sp³-hybridized carbons (Fsp3) is 0. The molecule has 0 bridgehead atoms. The lowest BCUT2D eigenvalue weighted by atomic mass is 9.90. The molecule has 0 N–H and O–H groups in total. The summed E-state index contributed by atoms with van der Waals surface area (Å²) in [6.45, 7) is 0. The van der Waals surface area contributed by atoms with Gasteiger partial charge >= 0.3 is 0 Å². The van der Waals surface area contributed by atoms with E-state index in [1.54, 1.807) is 0 Å². The quantitative estimate of drug-likeness (QED) is 0.185. The highest BCUT2D eigenvalue weighted by Crippen LogP contribution is 2.51. The molecule has 0 saturated carbocycles. The summed E-state index contributed by atoms with van der Waals surface area (Å²) < 4.78 is 9.33. The minimum Gasteiger partial charge on any atom is -0.456 e. The second-order valence-electron chi connectivity index (χ2n) is 12.5. The fourth-order valence-corrected chi connectivity index (χ4v) is 8.60. The van der Waals surface area contributed by atoms with E-state index >= 15 is 0 Å². The number of hydrogen-bond donors (Lipinski definition) is 0. The molecule has 230 valence electrons. The average molecular weight is 644 g/mol. The molecular weight excluding hydrogens is 615 g/mol. The summed E-state index contributed by atoms with van der Waals surface area (Å²) in [6, 6.07) is 63.0. The van der Waals surface area contributed by atoms with Crippen LogP contribution in [-0.4, -0.2) is 0 Å². The van der Waals surface area contributed by atoms with Crippen LogP contribution >= 0.6 is 11.3 Å². The van der Waals surface area contributed by atoms with Crippen molar-refractivity contribution in [3.63, 3.8) is 0 Å². The second kappa shape index (κ2) is 11.2. The van der Waals surface area contributed by atoms with Crippen LogP contribution in [0.2, 0.25) is 0 Å². The van der Waals surface area contributed by atoms with Crippen molar-refractivity contribution in [3.05, 3.63) is 176 Å². The first-order chi connectivity index (χ1) is 24.3. The first kappa shape index (κ1) is 27.9. The predicted octanol–water partition coefficient (Wildman–Crippen LogP) is 13.8. The smallest absolute Gasteiger partial charge is 0.137 e. The third-order valence-corrected chi connectivity index (χ3v) is 10.8. The monoisotopic (exact) mass is 643 g/mol. The van der Waals surface area contributed by atoms with Gasteiger partial charge in [-0.15, -0.1) is 11.3 Å². The van der Waals surface area contributed by atoms with Crippen molar-refractivity contribution in [2.75, 3.05) is 4.90 Å². The van der Waals surface area contributed by atoms with Gasteiger partial charge in [0.1, 0.15) is 11.5 Å². The summed E-state index contributed by atoms with van der Waals surface area (Å²) in [5, 5.41) is 4.88. The summed E-state index contributed by atoms with van der Waals surface area (Å²) in [4.78, 5) is 2.37. The highest BCUT2D eigenvalue weighted by Gasteiger charge is 2.25. The fourth-order valence-electron chi connectivity index (χ4n) is 7.44. The molecule has 3 heteroatoms. The number of nitrogens with zero attached hydrogens (tertiary/aromatic N) is 1. The zero-order chi connectivity index (χ0) is 32.3. The van der Waals surface area contributed by atoms with Crippen molar-refractivity contribution in [3.8, 4) is 44.9 Å². The number of fused-ring (bicyclic) bond motifs is 5. The maximum Gasteiger partial charge on any atom is 0.137 e. The summed E-state index contributed by atoms with van der Waals surface area (Å²) in [5.74, 6) is 1.75. The Balaban J connectivity index is 1.14. The highest BCUT2D eigenvalue weighted by molar-refractivity contribution is 7.26. The third-order valence-electron chi connectivity index (χ3n) is 9.66. The van der Waals surface area contributed by atoms with Gasteiger partial charge in [0.15, 0.2) is 0 Å². The molecule has 1 aliphatic heterocycles. The van der Waals surface area contributed by atoms with Gasteiger partial charge in [-0.3, -0.25) is 0 Å². The molecule has 9 aromatic rings. The maximum atomic E-state index is 6.78. The number of para-hydroxylation sites is 1. The summed E-state index contributed by atoms with van der Waals surface area (Å²) in [7, 11) is 0. The van der Waals surface area contributed by atoms with Crippen LogP contribution in [0.25, 0.3) is 64.3 Å². The number of benzene rings is 8. The van der Waals surface area contributed by atoms with Gasteiger partial charge in [-0.05, 0) is 81.7 Å². The minimum atomic E-state index is 0.862. The van der Waals surface area contributed by atoms with Gasteiger partial charge in [0.2, 0.25) is 0 Å². The van der Waals surface area contributed by atoms with Crippen molar-refractivity contribution < 1.29 is 4.74 Å². The Bertz CT molecular complexity index is 2680. The molecule has 0 radical (unpaired) electrons. The Hall–Kier alpha value is -6.16. The Morgan fingerprint density at radius 3 is 1.94 bits per heavy atom. The SMILES string of the molecule is c1ccc(-c2ccc3c(c2)sc2cccc(N(c4ccccc4)c4ccc5c(c4)Oc4ccc(-c6ccccc6)c6cccc-5c46)c23)cc1. The summed E-state index contributed by atoms with van der Waals surface area (Å²) in [6.07, 6.45) is 0. The molecule has 2 nitrogen and oxygen atoms in total. The van der Waals surface area contributed by atoms with E-state index in [2.05, 4.69) is 181 Å². The number of hydrogen-bond acceptors (Lipinski definition) is 3. The van der Waals surface area contributed by atoms with Crippen LogP contribution in [0.1, 0.15) is 0 Å². The average Bonchev–Trinajstić information content (AvgIpc) is 3.55. The van der Waals surface area contributed by atoms with Crippen molar-refractivity contribution in [1.29, 1.82) is 0 Å². The largest absolute Gasteiger partial charge is 0.456 e. The highest BCUT2D eigenvalue weighted by atomic mass is 32.1. The van der Waals surface area contributed by atoms with Gasteiger partial charge in [-0.25, -0.2) is 0 Å².